The Balaban J connectivity index is 0.000000186. The molecule has 1 aromatic heterocycles. The molecule has 0 spiro atoms. The Labute approximate surface area is 266 Å². The summed E-state index contributed by atoms with van der Waals surface area (Å²) in [6, 6.07) is 36.3. The van der Waals surface area contributed by atoms with Crippen LogP contribution in [0.1, 0.15) is 32.6 Å². The van der Waals surface area contributed by atoms with Gasteiger partial charge in [-0.3, -0.25) is 10.1 Å². The molecule has 0 saturated carbocycles. The Hall–Kier alpha value is -5.47. The van der Waals surface area contributed by atoms with Gasteiger partial charge in [-0.2, -0.15) is 0 Å². The number of hydrogen-bond donors (Lipinski definition) is 0. The summed E-state index contributed by atoms with van der Waals surface area (Å²) < 4.78 is 5.32. The van der Waals surface area contributed by atoms with Gasteiger partial charge in [-0.1, -0.05) is 119 Å². The normalized spacial score (nSPS) is 10.5. The third-order valence-corrected chi connectivity index (χ3v) is 8.13. The van der Waals surface area contributed by atoms with E-state index in [0.717, 1.165) is 32.3 Å². The topological polar surface area (TPSA) is 95.2 Å². The van der Waals surface area contributed by atoms with E-state index >= 15 is 0 Å². The quantitative estimate of drug-likeness (QED) is 0.0803. The smallest absolute Gasteiger partial charge is 0.343 e. The van der Waals surface area contributed by atoms with Crippen LogP contribution in [-0.2, 0) is 0 Å². The maximum Gasteiger partial charge on any atom is 0.343 e. The molecule has 7 nitrogen and oxygen atoms in total. The number of aromatic nitrogens is 2. The molecule has 0 atom stereocenters. The second-order valence-electron chi connectivity index (χ2n) is 10.7. The van der Waals surface area contributed by atoms with Crippen LogP contribution in [0.4, 0.5) is 5.69 Å². The van der Waals surface area contributed by atoms with E-state index in [4.69, 9.17) is 4.74 Å². The maximum atomic E-state index is 12.2. The minimum atomic E-state index is -0.629. The number of benzene rings is 5. The van der Waals surface area contributed by atoms with Crippen molar-refractivity contribution in [1.29, 1.82) is 0 Å². The fourth-order valence-corrected chi connectivity index (χ4v) is 5.26. The lowest BCUT2D eigenvalue weighted by Gasteiger charge is -2.07. The molecule has 0 aliphatic rings. The molecule has 0 N–H and O–H groups in total. The molecule has 45 heavy (non-hydrogen) atoms. The second-order valence-corrected chi connectivity index (χ2v) is 11.7. The Morgan fingerprint density at radius 3 is 1.49 bits per heavy atom. The summed E-state index contributed by atoms with van der Waals surface area (Å²) >= 11 is 1.63. The van der Waals surface area contributed by atoms with Crippen molar-refractivity contribution in [3.8, 4) is 38.0 Å². The van der Waals surface area contributed by atoms with Crippen LogP contribution in [0.5, 0.6) is 5.75 Å². The first kappa shape index (κ1) is 31.0. The number of aryl methyl sites for hydroxylation is 4. The standard InChI is InChI=1S/C21H17NO4.C16H14N2S/c1-14-3-6-16(7-4-14)17-9-11-19(12-10-17)26-21(23)18-8-5-15(2)20(13-18)22(24)25;1-11-3-7-13(8-4-11)15-17-18-16(19-15)14-9-5-12(2)6-10-14/h3-13H,1-2H3;3-10H,1-2H3. The number of nitro benzene ring substituents is 1. The van der Waals surface area contributed by atoms with E-state index < -0.39 is 10.9 Å². The van der Waals surface area contributed by atoms with Crippen LogP contribution in [0, 0.1) is 37.8 Å². The molecule has 0 unspecified atom stereocenters. The van der Waals surface area contributed by atoms with E-state index in [1.165, 1.54) is 34.9 Å². The van der Waals surface area contributed by atoms with Gasteiger partial charge in [0, 0.05) is 22.8 Å². The van der Waals surface area contributed by atoms with Gasteiger partial charge in [0.2, 0.25) is 0 Å². The highest BCUT2D eigenvalue weighted by molar-refractivity contribution is 7.17. The zero-order chi connectivity index (χ0) is 31.9. The number of esters is 1. The predicted octanol–water partition coefficient (Wildman–Crippen LogP) is 9.59. The van der Waals surface area contributed by atoms with Crippen molar-refractivity contribution in [2.24, 2.45) is 0 Å². The predicted molar refractivity (Wildman–Crippen MR) is 180 cm³/mol. The van der Waals surface area contributed by atoms with Crippen molar-refractivity contribution in [1.82, 2.24) is 10.2 Å². The molecular weight excluding hydrogens is 582 g/mol. The van der Waals surface area contributed by atoms with Gasteiger partial charge in [-0.25, -0.2) is 4.79 Å². The highest BCUT2D eigenvalue weighted by atomic mass is 32.1. The monoisotopic (exact) mass is 613 g/mol. The lowest BCUT2D eigenvalue weighted by Crippen LogP contribution is -2.09. The largest absolute Gasteiger partial charge is 0.423 e. The van der Waals surface area contributed by atoms with Crippen molar-refractivity contribution < 1.29 is 14.5 Å². The minimum absolute atomic E-state index is 0.103. The maximum absolute atomic E-state index is 12.2. The molecule has 6 aromatic rings. The summed E-state index contributed by atoms with van der Waals surface area (Å²) in [6.45, 7) is 7.82. The summed E-state index contributed by atoms with van der Waals surface area (Å²) in [4.78, 5) is 22.7. The van der Waals surface area contributed by atoms with E-state index in [0.29, 0.717) is 11.3 Å². The number of carbonyl (C=O) groups is 1. The van der Waals surface area contributed by atoms with E-state index in [1.54, 1.807) is 30.4 Å². The lowest BCUT2D eigenvalue weighted by molar-refractivity contribution is -0.385. The third-order valence-electron chi connectivity index (χ3n) is 7.11. The van der Waals surface area contributed by atoms with Crippen molar-refractivity contribution in [3.05, 3.63) is 153 Å². The van der Waals surface area contributed by atoms with Crippen LogP contribution in [-0.4, -0.2) is 21.1 Å². The van der Waals surface area contributed by atoms with E-state index in [2.05, 4.69) is 72.6 Å². The van der Waals surface area contributed by atoms with Gasteiger partial charge in [0.1, 0.15) is 15.8 Å². The summed E-state index contributed by atoms with van der Waals surface area (Å²) in [5, 5.41) is 21.5. The first-order valence-electron chi connectivity index (χ1n) is 14.3. The van der Waals surface area contributed by atoms with Crippen molar-refractivity contribution in [3.63, 3.8) is 0 Å². The molecule has 5 aromatic carbocycles. The molecule has 224 valence electrons. The van der Waals surface area contributed by atoms with Gasteiger partial charge in [0.15, 0.2) is 0 Å². The molecule has 0 amide bonds. The zero-order valence-electron chi connectivity index (χ0n) is 25.4. The Kier molecular flexibility index (Phi) is 9.55. The van der Waals surface area contributed by atoms with Gasteiger partial charge >= 0.3 is 5.97 Å². The van der Waals surface area contributed by atoms with Crippen LogP contribution in [0.15, 0.2) is 115 Å². The summed E-state index contributed by atoms with van der Waals surface area (Å²) in [5.41, 5.74) is 8.57. The highest BCUT2D eigenvalue weighted by Gasteiger charge is 2.16. The van der Waals surface area contributed by atoms with Crippen LogP contribution in [0.25, 0.3) is 32.3 Å². The number of carbonyl (C=O) groups excluding carboxylic acids is 1. The Bertz CT molecular complexity index is 1870. The fourth-order valence-electron chi connectivity index (χ4n) is 4.41. The van der Waals surface area contributed by atoms with E-state index in [-0.39, 0.29) is 11.3 Å². The van der Waals surface area contributed by atoms with Crippen LogP contribution >= 0.6 is 11.3 Å². The molecule has 0 saturated heterocycles. The molecule has 0 aliphatic heterocycles. The molecular formula is C37H31N3O4S. The van der Waals surface area contributed by atoms with Crippen molar-refractivity contribution in [2.45, 2.75) is 27.7 Å². The summed E-state index contributed by atoms with van der Waals surface area (Å²) in [6.07, 6.45) is 0. The van der Waals surface area contributed by atoms with Gasteiger partial charge in [0.05, 0.1) is 10.5 Å². The average molecular weight is 614 g/mol. The average Bonchev–Trinajstić information content (AvgIpc) is 3.53. The molecule has 1 heterocycles. The van der Waals surface area contributed by atoms with Gasteiger partial charge in [-0.15, -0.1) is 10.2 Å². The SMILES string of the molecule is Cc1ccc(-c2ccc(OC(=O)c3ccc(C)c([N+](=O)[O-])c3)cc2)cc1.Cc1ccc(-c2nnc(-c3ccc(C)cc3)s2)cc1. The van der Waals surface area contributed by atoms with Crippen LogP contribution < -0.4 is 4.74 Å². The summed E-state index contributed by atoms with van der Waals surface area (Å²) in [5.74, 6) is -0.245. The highest BCUT2D eigenvalue weighted by Crippen LogP contribution is 2.30. The Morgan fingerprint density at radius 2 is 1.04 bits per heavy atom. The third kappa shape index (κ3) is 7.93. The molecule has 0 bridgehead atoms. The van der Waals surface area contributed by atoms with Gasteiger partial charge < -0.3 is 4.74 Å². The van der Waals surface area contributed by atoms with Gasteiger partial charge in [0.25, 0.3) is 5.69 Å². The zero-order valence-corrected chi connectivity index (χ0v) is 26.2. The number of hydrogen-bond acceptors (Lipinski definition) is 7. The van der Waals surface area contributed by atoms with Crippen molar-refractivity contribution >= 4 is 23.0 Å². The van der Waals surface area contributed by atoms with Crippen LogP contribution in [0.3, 0.4) is 0 Å². The minimum Gasteiger partial charge on any atom is -0.423 e. The first-order chi connectivity index (χ1) is 21.7. The number of ether oxygens (including phenoxy) is 1. The molecule has 8 heteroatoms. The first-order valence-corrected chi connectivity index (χ1v) is 15.1. The molecule has 0 radical (unpaired) electrons. The lowest BCUT2D eigenvalue weighted by atomic mass is 10.0. The molecule has 0 aliphatic carbocycles. The summed E-state index contributed by atoms with van der Waals surface area (Å²) in [7, 11) is 0. The second kappa shape index (κ2) is 13.9. The fraction of sp³-hybridized carbons (Fsp3) is 0.108. The van der Waals surface area contributed by atoms with E-state index in [9.17, 15) is 14.9 Å². The molecule has 6 rings (SSSR count). The number of rotatable bonds is 6. The van der Waals surface area contributed by atoms with E-state index in [1.807, 2.05) is 43.3 Å². The molecule has 0 fully saturated rings. The number of nitro groups is 1. The van der Waals surface area contributed by atoms with Crippen molar-refractivity contribution in [2.75, 3.05) is 0 Å². The van der Waals surface area contributed by atoms with Gasteiger partial charge in [-0.05, 0) is 57.0 Å². The number of nitrogens with zero attached hydrogens (tertiary/aromatic N) is 3. The Morgan fingerprint density at radius 1 is 0.622 bits per heavy atom. The van der Waals surface area contributed by atoms with Crippen LogP contribution in [0.2, 0.25) is 0 Å².